The van der Waals surface area contributed by atoms with Gasteiger partial charge in [-0.1, -0.05) is 12.8 Å². The molecule has 1 saturated carbocycles. The van der Waals surface area contributed by atoms with Crippen molar-refractivity contribution in [2.75, 3.05) is 0 Å². The summed E-state index contributed by atoms with van der Waals surface area (Å²) in [6.07, 6.45) is 3.17. The van der Waals surface area contributed by atoms with Crippen molar-refractivity contribution in [3.63, 3.8) is 0 Å². The van der Waals surface area contributed by atoms with Crippen LogP contribution in [0.1, 0.15) is 46.5 Å². The van der Waals surface area contributed by atoms with E-state index in [1.807, 2.05) is 20.8 Å². The molecular weight excluding hydrogens is 192 g/mol. The summed E-state index contributed by atoms with van der Waals surface area (Å²) in [5, 5.41) is 9.05. The fraction of sp³-hybridized carbons (Fsp3) is 0.818. The van der Waals surface area contributed by atoms with Gasteiger partial charge in [-0.05, 0) is 33.6 Å². The number of amides is 1. The molecule has 1 amide bonds. The van der Waals surface area contributed by atoms with Crippen LogP contribution in [0.5, 0.6) is 0 Å². The second-order valence-electron chi connectivity index (χ2n) is 5.05. The summed E-state index contributed by atoms with van der Waals surface area (Å²) in [5.74, 6) is -0.294. The van der Waals surface area contributed by atoms with E-state index in [1.54, 1.807) is 0 Å². The van der Waals surface area contributed by atoms with E-state index in [1.165, 1.54) is 0 Å². The number of nitrogens with one attached hydrogen (secondary N) is 1. The predicted octanol–water partition coefficient (Wildman–Crippen LogP) is 1.92. The van der Waals surface area contributed by atoms with E-state index in [-0.39, 0.29) is 5.91 Å². The van der Waals surface area contributed by atoms with Gasteiger partial charge in [0, 0.05) is 0 Å². The zero-order chi connectivity index (χ0) is 11.5. The number of hydrogen-bond acceptors (Lipinski definition) is 3. The van der Waals surface area contributed by atoms with Gasteiger partial charge < -0.3 is 0 Å². The lowest BCUT2D eigenvalue weighted by molar-refractivity contribution is -0.152. The van der Waals surface area contributed by atoms with Crippen molar-refractivity contribution >= 4 is 5.91 Å². The van der Waals surface area contributed by atoms with Crippen LogP contribution < -0.4 is 5.48 Å². The molecule has 0 heterocycles. The Bertz CT molecular complexity index is 280. The highest BCUT2D eigenvalue weighted by atomic mass is 16.7. The average molecular weight is 210 g/mol. The number of rotatable bonds is 2. The van der Waals surface area contributed by atoms with Gasteiger partial charge in [0.1, 0.15) is 5.41 Å². The van der Waals surface area contributed by atoms with E-state index in [0.717, 1.165) is 12.8 Å². The Kier molecular flexibility index (Phi) is 3.35. The number of carbonyl (C=O) groups is 1. The van der Waals surface area contributed by atoms with Crippen LogP contribution in [-0.4, -0.2) is 11.5 Å². The molecule has 0 radical (unpaired) electrons. The molecule has 0 saturated heterocycles. The van der Waals surface area contributed by atoms with E-state index in [2.05, 4.69) is 11.5 Å². The number of carbonyl (C=O) groups excluding carboxylic acids is 1. The molecule has 1 fully saturated rings. The molecule has 4 nitrogen and oxygen atoms in total. The molecule has 84 valence electrons. The van der Waals surface area contributed by atoms with Gasteiger partial charge in [-0.3, -0.25) is 9.63 Å². The summed E-state index contributed by atoms with van der Waals surface area (Å²) in [7, 11) is 0. The monoisotopic (exact) mass is 210 g/mol. The van der Waals surface area contributed by atoms with Crippen molar-refractivity contribution in [1.82, 2.24) is 5.48 Å². The third-order valence-electron chi connectivity index (χ3n) is 2.56. The standard InChI is InChI=1S/C11H18N2O2/c1-10(2,3)15-13-9(14)11(8-12)6-4-5-7-11/h4-7H2,1-3H3,(H,13,14). The molecule has 0 aromatic rings. The molecule has 0 unspecified atom stereocenters. The number of hydrogen-bond donors (Lipinski definition) is 1. The minimum atomic E-state index is -0.856. The molecule has 15 heavy (non-hydrogen) atoms. The molecule has 0 aromatic carbocycles. The SMILES string of the molecule is CC(C)(C)ONC(=O)C1(C#N)CCCC1. The van der Waals surface area contributed by atoms with Crippen LogP contribution in [0, 0.1) is 16.7 Å². The second kappa shape index (κ2) is 4.19. The maximum atomic E-state index is 11.8. The smallest absolute Gasteiger partial charge is 0.264 e. The first-order valence-electron chi connectivity index (χ1n) is 5.29. The number of nitrogens with zero attached hydrogens (tertiary/aromatic N) is 1. The van der Waals surface area contributed by atoms with Gasteiger partial charge >= 0.3 is 0 Å². The first-order chi connectivity index (χ1) is 6.90. The van der Waals surface area contributed by atoms with Crippen LogP contribution >= 0.6 is 0 Å². The molecule has 0 atom stereocenters. The molecule has 0 spiro atoms. The summed E-state index contributed by atoms with van der Waals surface area (Å²) < 4.78 is 0. The molecule has 0 aromatic heterocycles. The van der Waals surface area contributed by atoms with Gasteiger partial charge in [-0.2, -0.15) is 5.26 Å². The molecular formula is C11H18N2O2. The second-order valence-corrected chi connectivity index (χ2v) is 5.05. The quantitative estimate of drug-likeness (QED) is 0.708. The molecule has 1 rings (SSSR count). The Hall–Kier alpha value is -1.08. The first-order valence-corrected chi connectivity index (χ1v) is 5.29. The molecule has 4 heteroatoms. The van der Waals surface area contributed by atoms with Gasteiger partial charge in [-0.25, -0.2) is 5.48 Å². The molecule has 1 aliphatic rings. The maximum Gasteiger partial charge on any atom is 0.264 e. The average Bonchev–Trinajstić information content (AvgIpc) is 2.62. The fourth-order valence-electron chi connectivity index (χ4n) is 1.67. The molecule has 0 bridgehead atoms. The molecule has 1 aliphatic carbocycles. The predicted molar refractivity (Wildman–Crippen MR) is 55.5 cm³/mol. The summed E-state index contributed by atoms with van der Waals surface area (Å²) in [6.45, 7) is 5.54. The Morgan fingerprint density at radius 2 is 1.93 bits per heavy atom. The summed E-state index contributed by atoms with van der Waals surface area (Å²) in [4.78, 5) is 17.0. The highest BCUT2D eigenvalue weighted by molar-refractivity contribution is 5.84. The van der Waals surface area contributed by atoms with Crippen molar-refractivity contribution in [1.29, 1.82) is 5.26 Å². The lowest BCUT2D eigenvalue weighted by Crippen LogP contribution is -2.42. The summed E-state index contributed by atoms with van der Waals surface area (Å²) in [5.41, 5.74) is 1.11. The van der Waals surface area contributed by atoms with Gasteiger partial charge in [-0.15, -0.1) is 0 Å². The van der Waals surface area contributed by atoms with E-state index in [4.69, 9.17) is 10.1 Å². The van der Waals surface area contributed by atoms with Crippen LogP contribution in [-0.2, 0) is 9.63 Å². The van der Waals surface area contributed by atoms with Gasteiger partial charge in [0.25, 0.3) is 5.91 Å². The normalized spacial score (nSPS) is 19.6. The maximum absolute atomic E-state index is 11.8. The largest absolute Gasteiger partial charge is 0.271 e. The van der Waals surface area contributed by atoms with E-state index < -0.39 is 11.0 Å². The summed E-state index contributed by atoms with van der Waals surface area (Å²) in [6, 6.07) is 2.12. The van der Waals surface area contributed by atoms with E-state index in [0.29, 0.717) is 12.8 Å². The van der Waals surface area contributed by atoms with Crippen molar-refractivity contribution in [2.24, 2.45) is 5.41 Å². The molecule has 1 N–H and O–H groups in total. The van der Waals surface area contributed by atoms with Crippen LogP contribution in [0.4, 0.5) is 0 Å². The minimum absolute atomic E-state index is 0.294. The zero-order valence-corrected chi connectivity index (χ0v) is 9.59. The highest BCUT2D eigenvalue weighted by Gasteiger charge is 2.42. The Labute approximate surface area is 90.6 Å². The zero-order valence-electron chi connectivity index (χ0n) is 9.59. The lowest BCUT2D eigenvalue weighted by atomic mass is 9.87. The van der Waals surface area contributed by atoms with E-state index >= 15 is 0 Å². The minimum Gasteiger partial charge on any atom is -0.271 e. The van der Waals surface area contributed by atoms with Crippen molar-refractivity contribution in [3.05, 3.63) is 0 Å². The van der Waals surface area contributed by atoms with Crippen LogP contribution in [0.25, 0.3) is 0 Å². The van der Waals surface area contributed by atoms with Crippen LogP contribution in [0.2, 0.25) is 0 Å². The van der Waals surface area contributed by atoms with E-state index in [9.17, 15) is 4.79 Å². The first kappa shape index (κ1) is 12.0. The lowest BCUT2D eigenvalue weighted by Gasteiger charge is -2.24. The fourth-order valence-corrected chi connectivity index (χ4v) is 1.67. The number of hydroxylamine groups is 1. The molecule has 0 aliphatic heterocycles. The third-order valence-corrected chi connectivity index (χ3v) is 2.56. The van der Waals surface area contributed by atoms with Gasteiger partial charge in [0.15, 0.2) is 0 Å². The van der Waals surface area contributed by atoms with Crippen molar-refractivity contribution in [2.45, 2.75) is 52.1 Å². The Morgan fingerprint density at radius 1 is 1.40 bits per heavy atom. The number of nitriles is 1. The van der Waals surface area contributed by atoms with Gasteiger partial charge in [0.05, 0.1) is 11.7 Å². The Morgan fingerprint density at radius 3 is 2.33 bits per heavy atom. The van der Waals surface area contributed by atoms with Crippen LogP contribution in [0.3, 0.4) is 0 Å². The highest BCUT2D eigenvalue weighted by Crippen LogP contribution is 2.37. The van der Waals surface area contributed by atoms with Gasteiger partial charge in [0.2, 0.25) is 0 Å². The Balaban J connectivity index is 2.56. The third kappa shape index (κ3) is 2.93. The topological polar surface area (TPSA) is 62.1 Å². The van der Waals surface area contributed by atoms with Crippen LogP contribution in [0.15, 0.2) is 0 Å². The van der Waals surface area contributed by atoms with Crippen molar-refractivity contribution < 1.29 is 9.63 Å². The van der Waals surface area contributed by atoms with Crippen molar-refractivity contribution in [3.8, 4) is 6.07 Å². The summed E-state index contributed by atoms with van der Waals surface area (Å²) >= 11 is 0.